The Hall–Kier alpha value is -1.41. The normalized spacial score (nSPS) is 26.5. The number of nitrogens with zero attached hydrogens (tertiary/aromatic N) is 2. The smallest absolute Gasteiger partial charge is 0.406 e. The quantitative estimate of drug-likeness (QED) is 0.567. The fourth-order valence-electron chi connectivity index (χ4n) is 4.90. The van der Waals surface area contributed by atoms with E-state index in [1.54, 1.807) is 13.8 Å². The van der Waals surface area contributed by atoms with E-state index in [2.05, 4.69) is 15.3 Å². The van der Waals surface area contributed by atoms with Gasteiger partial charge in [-0.1, -0.05) is 12.8 Å². The van der Waals surface area contributed by atoms with Gasteiger partial charge in [-0.15, -0.1) is 0 Å². The van der Waals surface area contributed by atoms with Gasteiger partial charge in [0.05, 0.1) is 22.4 Å². The number of hydrogen-bond acceptors (Lipinski definition) is 6. The highest BCUT2D eigenvalue weighted by Crippen LogP contribution is 2.48. The molecule has 7 nitrogen and oxygen atoms in total. The number of carbonyl (C=O) groups excluding carboxylic acids is 1. The zero-order valence-corrected chi connectivity index (χ0v) is 19.9. The highest BCUT2D eigenvalue weighted by Gasteiger charge is 2.43. The number of aromatic nitrogens is 2. The van der Waals surface area contributed by atoms with Crippen molar-refractivity contribution < 1.29 is 17.9 Å². The molecule has 0 unspecified atom stereocenters. The third-order valence-electron chi connectivity index (χ3n) is 7.06. The lowest BCUT2D eigenvalue weighted by Crippen LogP contribution is -2.43. The van der Waals surface area contributed by atoms with Crippen LogP contribution in [0.4, 0.5) is 4.79 Å². The van der Waals surface area contributed by atoms with E-state index in [0.29, 0.717) is 54.1 Å². The maximum atomic E-state index is 12.7. The van der Waals surface area contributed by atoms with Crippen molar-refractivity contribution in [1.82, 2.24) is 15.3 Å². The molecule has 1 N–H and O–H groups in total. The fraction of sp³-hybridized carbons (Fsp3) is 0.773. The van der Waals surface area contributed by atoms with Gasteiger partial charge in [0.2, 0.25) is 5.28 Å². The molecule has 3 saturated carbocycles. The summed E-state index contributed by atoms with van der Waals surface area (Å²) in [6.45, 7) is 3.95. The molecule has 31 heavy (non-hydrogen) atoms. The van der Waals surface area contributed by atoms with Crippen molar-refractivity contribution in [2.24, 2.45) is 17.3 Å². The second kappa shape index (κ2) is 8.85. The van der Waals surface area contributed by atoms with Crippen molar-refractivity contribution in [3.8, 4) is 5.75 Å². The van der Waals surface area contributed by atoms with Gasteiger partial charge in [0.1, 0.15) is 0 Å². The molecule has 0 aromatic carbocycles. The number of sulfone groups is 1. The minimum atomic E-state index is -3.00. The van der Waals surface area contributed by atoms with E-state index in [9.17, 15) is 13.2 Å². The number of hydrogen-bond donors (Lipinski definition) is 1. The van der Waals surface area contributed by atoms with Crippen LogP contribution in [0.15, 0.2) is 0 Å². The molecule has 0 radical (unpaired) electrons. The van der Waals surface area contributed by atoms with Crippen molar-refractivity contribution in [3.05, 3.63) is 16.7 Å². The lowest BCUT2D eigenvalue weighted by Gasteiger charge is -2.40. The average Bonchev–Trinajstić information content (AvgIpc) is 3.61. The largest absolute Gasteiger partial charge is 0.412 e. The Balaban J connectivity index is 1.36. The van der Waals surface area contributed by atoms with Crippen LogP contribution < -0.4 is 10.1 Å². The number of aryl methyl sites for hydroxylation is 2. The molecule has 3 aliphatic rings. The number of ether oxygens (including phenoxy) is 1. The predicted octanol–water partition coefficient (Wildman–Crippen LogP) is 4.39. The predicted molar refractivity (Wildman–Crippen MR) is 119 cm³/mol. The Morgan fingerprint density at radius 1 is 1.06 bits per heavy atom. The van der Waals surface area contributed by atoms with Crippen LogP contribution >= 0.6 is 11.6 Å². The first-order valence-corrected chi connectivity index (χ1v) is 13.4. The van der Waals surface area contributed by atoms with Crippen molar-refractivity contribution >= 4 is 27.5 Å². The molecule has 0 aliphatic heterocycles. The van der Waals surface area contributed by atoms with E-state index in [1.165, 1.54) is 12.8 Å². The van der Waals surface area contributed by atoms with Gasteiger partial charge >= 0.3 is 6.09 Å². The summed E-state index contributed by atoms with van der Waals surface area (Å²) in [6, 6.07) is 0. The maximum absolute atomic E-state index is 12.7. The first-order valence-electron chi connectivity index (χ1n) is 11.3. The number of nitrogens with one attached hydrogen (secondary N) is 1. The second-order valence-electron chi connectivity index (χ2n) is 9.86. The summed E-state index contributed by atoms with van der Waals surface area (Å²) in [7, 11) is -3.00. The molecular weight excluding hydrogens is 438 g/mol. The van der Waals surface area contributed by atoms with Gasteiger partial charge in [-0.25, -0.2) is 23.2 Å². The number of carbonyl (C=O) groups is 1. The van der Waals surface area contributed by atoms with Gasteiger partial charge in [-0.3, -0.25) is 0 Å². The summed E-state index contributed by atoms with van der Waals surface area (Å²) in [4.78, 5) is 20.6. The molecule has 3 fully saturated rings. The Labute approximate surface area is 189 Å². The Morgan fingerprint density at radius 2 is 1.65 bits per heavy atom. The van der Waals surface area contributed by atoms with Crippen LogP contribution in [0.3, 0.4) is 0 Å². The van der Waals surface area contributed by atoms with E-state index in [1.807, 2.05) is 0 Å². The van der Waals surface area contributed by atoms with Crippen LogP contribution in [0.2, 0.25) is 5.28 Å². The number of halogens is 1. The molecule has 0 atom stereocenters. The Morgan fingerprint density at radius 3 is 2.19 bits per heavy atom. The van der Waals surface area contributed by atoms with E-state index in [-0.39, 0.29) is 15.9 Å². The molecule has 3 aliphatic carbocycles. The molecule has 0 bridgehead atoms. The molecule has 172 valence electrons. The molecule has 0 spiro atoms. The van der Waals surface area contributed by atoms with Crippen LogP contribution in [0.1, 0.15) is 69.2 Å². The minimum Gasteiger partial charge on any atom is -0.406 e. The van der Waals surface area contributed by atoms with E-state index >= 15 is 0 Å². The monoisotopic (exact) mass is 469 g/mol. The van der Waals surface area contributed by atoms with E-state index in [4.69, 9.17) is 16.3 Å². The van der Waals surface area contributed by atoms with Crippen LogP contribution in [0, 0.1) is 31.1 Å². The standard InChI is InChI=1S/C22H32ClN3O4S/c1-14-19(15(2)26-20(23)25-14)30-21(27)24-13-22(11-16-3-4-16)9-7-18(8-10-22)31(28,29)12-17-5-6-17/h16-18H,3-13H2,1-2H3,(H,24,27). The number of rotatable bonds is 8. The first kappa shape index (κ1) is 22.8. The van der Waals surface area contributed by atoms with Gasteiger partial charge in [0.25, 0.3) is 0 Å². The molecule has 1 aromatic rings. The van der Waals surface area contributed by atoms with Crippen LogP contribution in [-0.4, -0.2) is 42.0 Å². The summed E-state index contributed by atoms with van der Waals surface area (Å²) < 4.78 is 30.9. The van der Waals surface area contributed by atoms with Gasteiger partial charge in [-0.05, 0) is 87.6 Å². The van der Waals surface area contributed by atoms with E-state index < -0.39 is 15.9 Å². The molecule has 0 saturated heterocycles. The zero-order chi connectivity index (χ0) is 22.2. The number of amides is 1. The van der Waals surface area contributed by atoms with Gasteiger partial charge in [0, 0.05) is 6.54 Å². The third kappa shape index (κ3) is 5.89. The fourth-order valence-corrected chi connectivity index (χ4v) is 7.37. The summed E-state index contributed by atoms with van der Waals surface area (Å²) in [5.41, 5.74) is 0.982. The highest BCUT2D eigenvalue weighted by atomic mass is 35.5. The van der Waals surface area contributed by atoms with E-state index in [0.717, 1.165) is 32.1 Å². The molecule has 4 rings (SSSR count). The van der Waals surface area contributed by atoms with Crippen LogP contribution in [0.5, 0.6) is 5.75 Å². The molecule has 9 heteroatoms. The zero-order valence-electron chi connectivity index (χ0n) is 18.3. The lowest BCUT2D eigenvalue weighted by molar-refractivity contribution is 0.148. The SMILES string of the molecule is Cc1nc(Cl)nc(C)c1OC(=O)NCC1(CC2CC2)CCC(S(=O)(=O)CC2CC2)CC1. The average molecular weight is 470 g/mol. The van der Waals surface area contributed by atoms with Crippen LogP contribution in [0.25, 0.3) is 0 Å². The Bertz CT molecular complexity index is 913. The van der Waals surface area contributed by atoms with Gasteiger partial charge in [0.15, 0.2) is 15.6 Å². The summed E-state index contributed by atoms with van der Waals surface area (Å²) in [5.74, 6) is 1.78. The molecule has 1 amide bonds. The topological polar surface area (TPSA) is 98.2 Å². The Kier molecular flexibility index (Phi) is 6.50. The maximum Gasteiger partial charge on any atom is 0.412 e. The highest BCUT2D eigenvalue weighted by molar-refractivity contribution is 7.92. The molecule has 1 heterocycles. The summed E-state index contributed by atoms with van der Waals surface area (Å²) >= 11 is 5.85. The summed E-state index contributed by atoms with van der Waals surface area (Å²) in [5, 5.41) is 2.85. The van der Waals surface area contributed by atoms with Gasteiger partial charge in [-0.2, -0.15) is 0 Å². The van der Waals surface area contributed by atoms with Crippen molar-refractivity contribution in [2.45, 2.75) is 76.9 Å². The lowest BCUT2D eigenvalue weighted by atomic mass is 9.70. The first-order chi connectivity index (χ1) is 14.7. The van der Waals surface area contributed by atoms with Crippen molar-refractivity contribution in [1.29, 1.82) is 0 Å². The van der Waals surface area contributed by atoms with Crippen molar-refractivity contribution in [3.63, 3.8) is 0 Å². The molecule has 1 aromatic heterocycles. The minimum absolute atomic E-state index is 0.0492. The van der Waals surface area contributed by atoms with Crippen molar-refractivity contribution in [2.75, 3.05) is 12.3 Å². The second-order valence-corrected chi connectivity index (χ2v) is 12.5. The van der Waals surface area contributed by atoms with Crippen LogP contribution in [-0.2, 0) is 9.84 Å². The third-order valence-corrected chi connectivity index (χ3v) is 9.66. The summed E-state index contributed by atoms with van der Waals surface area (Å²) in [6.07, 6.45) is 8.15. The van der Waals surface area contributed by atoms with Gasteiger partial charge < -0.3 is 10.1 Å². The molecular formula is C22H32ClN3O4S.